The molecule has 0 atom stereocenters. The van der Waals surface area contributed by atoms with E-state index < -0.39 is 0 Å². The lowest BCUT2D eigenvalue weighted by atomic mass is 10.1. The summed E-state index contributed by atoms with van der Waals surface area (Å²) in [4.78, 5) is 8.22. The standard InChI is InChI=1S/C11H13ClIN3O/c1-3-6(4-2)16-9-8(13)7(12)5-14-10(9)15-11(16)17/h5-6H,3-4H2,1-2H3,(H,14,15,17). The number of pyridine rings is 1. The Kier molecular flexibility index (Phi) is 3.77. The Morgan fingerprint density at radius 1 is 1.47 bits per heavy atom. The van der Waals surface area contributed by atoms with Gasteiger partial charge in [0.15, 0.2) is 5.65 Å². The predicted octanol–water partition coefficient (Wildman–Crippen LogP) is 3.76. The molecule has 0 aliphatic rings. The van der Waals surface area contributed by atoms with E-state index in [-0.39, 0.29) is 12.1 Å². The Hall–Kier alpha value is -0.560. The van der Waals surface area contributed by atoms with Gasteiger partial charge in [0.2, 0.25) is 0 Å². The van der Waals surface area contributed by atoms with Crippen molar-refractivity contribution in [1.82, 2.24) is 14.5 Å². The number of nitrogens with zero attached hydrogens (tertiary/aromatic N) is 3. The lowest BCUT2D eigenvalue weighted by Crippen LogP contribution is -2.07. The molecule has 0 aliphatic heterocycles. The molecule has 0 radical (unpaired) electrons. The van der Waals surface area contributed by atoms with Crippen molar-refractivity contribution in [1.29, 1.82) is 0 Å². The van der Waals surface area contributed by atoms with Crippen molar-refractivity contribution in [3.05, 3.63) is 14.8 Å². The molecule has 6 heteroatoms. The van der Waals surface area contributed by atoms with E-state index in [2.05, 4.69) is 46.4 Å². The molecule has 2 aromatic rings. The van der Waals surface area contributed by atoms with E-state index >= 15 is 0 Å². The highest BCUT2D eigenvalue weighted by molar-refractivity contribution is 14.1. The van der Waals surface area contributed by atoms with Crippen LogP contribution >= 0.6 is 34.2 Å². The first-order valence-corrected chi connectivity index (χ1v) is 6.96. The maximum absolute atomic E-state index is 9.95. The molecule has 1 N–H and O–H groups in total. The fourth-order valence-corrected chi connectivity index (χ4v) is 2.77. The van der Waals surface area contributed by atoms with Crippen LogP contribution < -0.4 is 0 Å². The van der Waals surface area contributed by atoms with Crippen LogP contribution in [0, 0.1) is 3.57 Å². The Morgan fingerprint density at radius 3 is 2.71 bits per heavy atom. The minimum Gasteiger partial charge on any atom is -0.480 e. The molecular formula is C11H13ClIN3O. The molecule has 0 saturated carbocycles. The summed E-state index contributed by atoms with van der Waals surface area (Å²) in [5.41, 5.74) is 1.37. The molecular weight excluding hydrogens is 352 g/mol. The molecule has 0 aromatic carbocycles. The van der Waals surface area contributed by atoms with Crippen molar-refractivity contribution in [2.75, 3.05) is 0 Å². The molecule has 0 fully saturated rings. The van der Waals surface area contributed by atoms with Gasteiger partial charge in [0.1, 0.15) is 5.52 Å². The fraction of sp³-hybridized carbons (Fsp3) is 0.455. The Bertz CT molecular complexity index is 551. The lowest BCUT2D eigenvalue weighted by Gasteiger charge is -2.16. The topological polar surface area (TPSA) is 50.9 Å². The predicted molar refractivity (Wildman–Crippen MR) is 76.5 cm³/mol. The highest BCUT2D eigenvalue weighted by atomic mass is 127. The van der Waals surface area contributed by atoms with Crippen molar-refractivity contribution >= 4 is 45.4 Å². The van der Waals surface area contributed by atoms with Gasteiger partial charge in [-0.1, -0.05) is 25.4 Å². The highest BCUT2D eigenvalue weighted by Crippen LogP contribution is 2.33. The van der Waals surface area contributed by atoms with Crippen LogP contribution in [0.1, 0.15) is 32.7 Å². The van der Waals surface area contributed by atoms with E-state index in [1.807, 2.05) is 4.57 Å². The fourth-order valence-electron chi connectivity index (χ4n) is 1.99. The number of imidazole rings is 1. The van der Waals surface area contributed by atoms with Crippen LogP contribution in [0.5, 0.6) is 6.01 Å². The minimum atomic E-state index is 0.0152. The first-order valence-electron chi connectivity index (χ1n) is 5.51. The van der Waals surface area contributed by atoms with Crippen molar-refractivity contribution < 1.29 is 5.11 Å². The van der Waals surface area contributed by atoms with Crippen LogP contribution in [0.15, 0.2) is 6.20 Å². The first kappa shape index (κ1) is 12.9. The molecule has 0 saturated heterocycles. The summed E-state index contributed by atoms with van der Waals surface area (Å²) in [5, 5.41) is 10.5. The number of aromatic hydroxyl groups is 1. The number of rotatable bonds is 3. The van der Waals surface area contributed by atoms with Crippen LogP contribution in [-0.2, 0) is 0 Å². The van der Waals surface area contributed by atoms with Gasteiger partial charge in [0.05, 0.1) is 8.59 Å². The third kappa shape index (κ3) is 2.10. The zero-order valence-electron chi connectivity index (χ0n) is 9.61. The van der Waals surface area contributed by atoms with Gasteiger partial charge in [0.25, 0.3) is 6.01 Å². The number of aromatic nitrogens is 3. The molecule has 2 aromatic heterocycles. The average molecular weight is 366 g/mol. The van der Waals surface area contributed by atoms with Crippen LogP contribution in [-0.4, -0.2) is 19.6 Å². The van der Waals surface area contributed by atoms with Gasteiger partial charge in [-0.05, 0) is 35.4 Å². The molecule has 0 bridgehead atoms. The molecule has 2 rings (SSSR count). The van der Waals surface area contributed by atoms with Crippen LogP contribution in [0.2, 0.25) is 5.02 Å². The maximum atomic E-state index is 9.95. The molecule has 0 spiro atoms. The van der Waals surface area contributed by atoms with Crippen LogP contribution in [0.3, 0.4) is 0 Å². The Balaban J connectivity index is 2.77. The average Bonchev–Trinajstić information content (AvgIpc) is 2.64. The summed E-state index contributed by atoms with van der Waals surface area (Å²) in [6, 6.07) is 0.232. The Morgan fingerprint density at radius 2 is 2.12 bits per heavy atom. The maximum Gasteiger partial charge on any atom is 0.296 e. The number of fused-ring (bicyclic) bond motifs is 1. The normalized spacial score (nSPS) is 11.6. The molecule has 4 nitrogen and oxygen atoms in total. The number of hydrogen-bond acceptors (Lipinski definition) is 3. The SMILES string of the molecule is CCC(CC)n1c(O)nc2ncc(Cl)c(I)c21. The van der Waals surface area contributed by atoms with Crippen molar-refractivity contribution in [2.45, 2.75) is 32.7 Å². The van der Waals surface area contributed by atoms with Crippen molar-refractivity contribution in [3.63, 3.8) is 0 Å². The second-order valence-corrected chi connectivity index (χ2v) is 5.33. The molecule has 92 valence electrons. The molecule has 2 heterocycles. The second kappa shape index (κ2) is 4.97. The van der Waals surface area contributed by atoms with E-state index in [4.69, 9.17) is 11.6 Å². The van der Waals surface area contributed by atoms with Gasteiger partial charge in [-0.25, -0.2) is 4.98 Å². The lowest BCUT2D eigenvalue weighted by molar-refractivity contribution is 0.361. The summed E-state index contributed by atoms with van der Waals surface area (Å²) >= 11 is 8.23. The minimum absolute atomic E-state index is 0.0152. The third-order valence-corrected chi connectivity index (χ3v) is 4.60. The van der Waals surface area contributed by atoms with Gasteiger partial charge in [-0.15, -0.1) is 0 Å². The summed E-state index contributed by atoms with van der Waals surface area (Å²) in [6.07, 6.45) is 3.42. The summed E-state index contributed by atoms with van der Waals surface area (Å²) in [6.45, 7) is 4.18. The monoisotopic (exact) mass is 365 g/mol. The smallest absolute Gasteiger partial charge is 0.296 e. The van der Waals surface area contributed by atoms with Gasteiger partial charge >= 0.3 is 0 Å². The van der Waals surface area contributed by atoms with E-state index in [1.54, 1.807) is 6.20 Å². The molecule has 17 heavy (non-hydrogen) atoms. The van der Waals surface area contributed by atoms with Gasteiger partial charge in [-0.3, -0.25) is 4.57 Å². The number of halogens is 2. The van der Waals surface area contributed by atoms with Gasteiger partial charge < -0.3 is 5.11 Å². The van der Waals surface area contributed by atoms with Gasteiger partial charge in [0, 0.05) is 12.2 Å². The summed E-state index contributed by atoms with van der Waals surface area (Å²) in [5.74, 6) is 0. The van der Waals surface area contributed by atoms with E-state index in [1.165, 1.54) is 0 Å². The quantitative estimate of drug-likeness (QED) is 0.843. The third-order valence-electron chi connectivity index (χ3n) is 2.90. The number of hydrogen-bond donors (Lipinski definition) is 1. The van der Waals surface area contributed by atoms with E-state index in [9.17, 15) is 5.11 Å². The molecule has 0 aliphatic carbocycles. The van der Waals surface area contributed by atoms with Crippen molar-refractivity contribution in [2.24, 2.45) is 0 Å². The van der Waals surface area contributed by atoms with E-state index in [0.29, 0.717) is 10.7 Å². The van der Waals surface area contributed by atoms with Crippen LogP contribution in [0.4, 0.5) is 0 Å². The van der Waals surface area contributed by atoms with Crippen molar-refractivity contribution in [3.8, 4) is 6.01 Å². The zero-order chi connectivity index (χ0) is 12.6. The zero-order valence-corrected chi connectivity index (χ0v) is 12.5. The molecule has 0 amide bonds. The summed E-state index contributed by atoms with van der Waals surface area (Å²) < 4.78 is 2.71. The summed E-state index contributed by atoms with van der Waals surface area (Å²) in [7, 11) is 0. The van der Waals surface area contributed by atoms with Crippen LogP contribution in [0.25, 0.3) is 11.2 Å². The Labute approximate surface area is 118 Å². The highest BCUT2D eigenvalue weighted by Gasteiger charge is 2.20. The first-order chi connectivity index (χ1) is 8.10. The largest absolute Gasteiger partial charge is 0.480 e. The molecule has 0 unspecified atom stereocenters. The second-order valence-electron chi connectivity index (χ2n) is 3.84. The van der Waals surface area contributed by atoms with Gasteiger partial charge in [-0.2, -0.15) is 4.98 Å². The van der Waals surface area contributed by atoms with E-state index in [0.717, 1.165) is 21.9 Å².